The Kier molecular flexibility index (Phi) is 11.3. The van der Waals surface area contributed by atoms with Crippen LogP contribution in [-0.4, -0.2) is 19.1 Å². The Balaban J connectivity index is 0.763. The molecule has 0 saturated heterocycles. The maximum atomic E-state index is 5.48. The summed E-state index contributed by atoms with van der Waals surface area (Å²) in [5.41, 5.74) is 30.1. The van der Waals surface area contributed by atoms with Crippen LogP contribution in [0.1, 0.15) is 113 Å². The molecule has 0 radical (unpaired) electrons. The number of hydrogen-bond acceptors (Lipinski definition) is 2. The fourth-order valence-corrected chi connectivity index (χ4v) is 15.6. The van der Waals surface area contributed by atoms with E-state index in [4.69, 9.17) is 9.97 Å². The summed E-state index contributed by atoms with van der Waals surface area (Å²) in [5, 5.41) is 0. The Morgan fingerprint density at radius 2 is 0.580 bits per heavy atom. The molecule has 394 valence electrons. The second kappa shape index (κ2) is 18.6. The van der Waals surface area contributed by atoms with Crippen LogP contribution in [0.25, 0.3) is 112 Å². The zero-order valence-electron chi connectivity index (χ0n) is 47.3. The van der Waals surface area contributed by atoms with Gasteiger partial charge in [0.15, 0.2) is 0 Å². The van der Waals surface area contributed by atoms with Gasteiger partial charge >= 0.3 is 0 Å². The van der Waals surface area contributed by atoms with Gasteiger partial charge in [0.25, 0.3) is 0 Å². The molecule has 10 aromatic carbocycles. The predicted octanol–water partition coefficient (Wildman–Crippen LogP) is 20.3. The highest BCUT2D eigenvalue weighted by Crippen LogP contribution is 2.57. The predicted molar refractivity (Wildman–Crippen MR) is 338 cm³/mol. The zero-order valence-corrected chi connectivity index (χ0v) is 47.3. The van der Waals surface area contributed by atoms with Crippen LogP contribution < -0.4 is 0 Å². The largest absolute Gasteiger partial charge is 0.292 e. The minimum absolute atomic E-state index is 0.0211. The van der Waals surface area contributed by atoms with Gasteiger partial charge in [0.2, 0.25) is 0 Å². The van der Waals surface area contributed by atoms with Crippen molar-refractivity contribution in [2.24, 2.45) is 0 Å². The summed E-state index contributed by atoms with van der Waals surface area (Å²) in [6.45, 7) is 14.1. The molecule has 4 nitrogen and oxygen atoms in total. The van der Waals surface area contributed by atoms with Crippen LogP contribution >= 0.6 is 0 Å². The number of aromatic nitrogens is 4. The number of nitrogens with zero attached hydrogens (tertiary/aromatic N) is 4. The number of para-hydroxylation sites is 2. The van der Waals surface area contributed by atoms with Gasteiger partial charge in [0.05, 0.1) is 22.1 Å². The van der Waals surface area contributed by atoms with Gasteiger partial charge in [-0.15, -0.1) is 0 Å². The molecule has 4 heteroatoms. The van der Waals surface area contributed by atoms with E-state index in [1.165, 1.54) is 89.0 Å². The van der Waals surface area contributed by atoms with Crippen LogP contribution in [0.5, 0.6) is 0 Å². The Bertz CT molecular complexity index is 4160. The molecule has 0 spiro atoms. The second-order valence-electron chi connectivity index (χ2n) is 23.1. The van der Waals surface area contributed by atoms with Crippen molar-refractivity contribution in [2.75, 3.05) is 0 Å². The second-order valence-corrected chi connectivity index (χ2v) is 23.1. The van der Waals surface area contributed by atoms with Gasteiger partial charge in [0, 0.05) is 38.7 Å². The summed E-state index contributed by atoms with van der Waals surface area (Å²) in [7, 11) is 0. The van der Waals surface area contributed by atoms with Crippen molar-refractivity contribution in [2.45, 2.75) is 96.3 Å². The standard InChI is InChI=1S/C77H66N4/c1-7-75(8-2)63-29-21-19-27-57(63)61-45-69-71(47-67(61)75)80(55-23-15-13-16-24-55)73(78-69)51-35-31-49(32-36-51)53-39-41-59-60-42-40-54(44-66(60)77(11-5,12-6)65(59)43-53)50-33-37-52(38-34-50)74-79-70-46-62-58-28-20-22-30-64(58)76(9-3,10-4)68(62)48-72(70)81(74)56-25-17-14-18-26-56/h13-48H,7-12H2,1-6H3. The smallest absolute Gasteiger partial charge is 0.145 e. The van der Waals surface area contributed by atoms with E-state index in [2.05, 4.69) is 269 Å². The van der Waals surface area contributed by atoms with Gasteiger partial charge in [-0.05, 0) is 188 Å². The number of imidazole rings is 2. The van der Waals surface area contributed by atoms with Crippen molar-refractivity contribution < 1.29 is 0 Å². The third-order valence-corrected chi connectivity index (χ3v) is 20.0. The molecule has 2 aromatic heterocycles. The summed E-state index contributed by atoms with van der Waals surface area (Å²) < 4.78 is 4.76. The molecule has 15 rings (SSSR count). The van der Waals surface area contributed by atoms with Crippen LogP contribution in [-0.2, 0) is 16.2 Å². The van der Waals surface area contributed by atoms with Crippen LogP contribution in [0.3, 0.4) is 0 Å². The Morgan fingerprint density at radius 1 is 0.272 bits per heavy atom. The topological polar surface area (TPSA) is 35.6 Å². The minimum Gasteiger partial charge on any atom is -0.292 e. The highest BCUT2D eigenvalue weighted by atomic mass is 15.1. The zero-order chi connectivity index (χ0) is 54.8. The number of hydrogen-bond donors (Lipinski definition) is 0. The van der Waals surface area contributed by atoms with Crippen molar-refractivity contribution in [1.29, 1.82) is 0 Å². The van der Waals surface area contributed by atoms with E-state index in [9.17, 15) is 0 Å². The van der Waals surface area contributed by atoms with Crippen molar-refractivity contribution in [3.63, 3.8) is 0 Å². The first-order valence-electron chi connectivity index (χ1n) is 29.8. The van der Waals surface area contributed by atoms with Crippen molar-refractivity contribution >= 4 is 22.1 Å². The number of fused-ring (bicyclic) bond motifs is 11. The molecule has 0 unspecified atom stereocenters. The normalized spacial score (nSPS) is 14.6. The van der Waals surface area contributed by atoms with Gasteiger partial charge in [-0.1, -0.05) is 199 Å². The van der Waals surface area contributed by atoms with Crippen LogP contribution in [0.15, 0.2) is 218 Å². The molecule has 0 aliphatic heterocycles. The van der Waals surface area contributed by atoms with Gasteiger partial charge in [-0.2, -0.15) is 0 Å². The maximum absolute atomic E-state index is 5.48. The third kappa shape index (κ3) is 6.95. The fourth-order valence-electron chi connectivity index (χ4n) is 15.6. The Labute approximate surface area is 476 Å². The summed E-state index contributed by atoms with van der Waals surface area (Å²) in [6.07, 6.45) is 6.23. The van der Waals surface area contributed by atoms with E-state index < -0.39 is 0 Å². The number of benzene rings is 10. The summed E-state index contributed by atoms with van der Waals surface area (Å²) >= 11 is 0. The van der Waals surface area contributed by atoms with E-state index in [1.807, 2.05) is 0 Å². The molecule has 0 bridgehead atoms. The lowest BCUT2D eigenvalue weighted by atomic mass is 9.73. The highest BCUT2D eigenvalue weighted by molar-refractivity contribution is 5.96. The van der Waals surface area contributed by atoms with Crippen molar-refractivity contribution in [1.82, 2.24) is 19.1 Å². The van der Waals surface area contributed by atoms with Crippen LogP contribution in [0.4, 0.5) is 0 Å². The molecule has 81 heavy (non-hydrogen) atoms. The average Bonchev–Trinajstić information content (AvgIpc) is 3.06. The van der Waals surface area contributed by atoms with Gasteiger partial charge < -0.3 is 0 Å². The minimum atomic E-state index is -0.112. The molecule has 0 amide bonds. The number of rotatable bonds is 12. The average molecular weight is 1050 g/mol. The molecule has 2 heterocycles. The molecule has 0 N–H and O–H groups in total. The first kappa shape index (κ1) is 49.2. The van der Waals surface area contributed by atoms with Crippen LogP contribution in [0, 0.1) is 0 Å². The molecule has 0 atom stereocenters. The van der Waals surface area contributed by atoms with E-state index in [1.54, 1.807) is 0 Å². The van der Waals surface area contributed by atoms with Gasteiger partial charge in [-0.25, -0.2) is 9.97 Å². The van der Waals surface area contributed by atoms with Gasteiger partial charge in [0.1, 0.15) is 11.6 Å². The van der Waals surface area contributed by atoms with Crippen molar-refractivity contribution in [3.05, 3.63) is 252 Å². The Hall–Kier alpha value is -8.86. The lowest BCUT2D eigenvalue weighted by Crippen LogP contribution is -2.23. The summed E-state index contributed by atoms with van der Waals surface area (Å²) in [4.78, 5) is 11.0. The SMILES string of the molecule is CCC1(CC)c2cc(-c3ccc(-c4nc5cc6c(cc5n4-c4ccccc4)C(CC)(CC)c4ccccc4-6)cc3)ccc2-c2ccc(-c3ccc(-c4nc5cc6c(cc5n4-c4ccccc4)C(CC)(CC)c4ccccc4-6)cc3)cc21. The molecule has 12 aromatic rings. The van der Waals surface area contributed by atoms with E-state index in [0.29, 0.717) is 0 Å². The molecule has 3 aliphatic carbocycles. The summed E-state index contributed by atoms with van der Waals surface area (Å²) in [6, 6.07) is 82.0. The lowest BCUT2D eigenvalue weighted by molar-refractivity contribution is 0.491. The maximum Gasteiger partial charge on any atom is 0.145 e. The van der Waals surface area contributed by atoms with E-state index in [0.717, 1.165) is 94.7 Å². The molecule has 0 saturated carbocycles. The van der Waals surface area contributed by atoms with Crippen LogP contribution in [0.2, 0.25) is 0 Å². The van der Waals surface area contributed by atoms with E-state index >= 15 is 0 Å². The summed E-state index contributed by atoms with van der Waals surface area (Å²) in [5.74, 6) is 1.92. The monoisotopic (exact) mass is 1050 g/mol. The Morgan fingerprint density at radius 3 is 0.963 bits per heavy atom. The molecular weight excluding hydrogens is 981 g/mol. The molecular formula is C77H66N4. The quantitative estimate of drug-likeness (QED) is 0.122. The van der Waals surface area contributed by atoms with E-state index in [-0.39, 0.29) is 16.2 Å². The third-order valence-electron chi connectivity index (χ3n) is 20.0. The molecule has 0 fully saturated rings. The first-order valence-corrected chi connectivity index (χ1v) is 29.8. The molecule has 3 aliphatic rings. The fraction of sp³-hybridized carbons (Fsp3) is 0.195. The highest BCUT2D eigenvalue weighted by Gasteiger charge is 2.44. The van der Waals surface area contributed by atoms with Crippen molar-refractivity contribution in [3.8, 4) is 89.8 Å². The first-order chi connectivity index (χ1) is 39.8. The van der Waals surface area contributed by atoms with Gasteiger partial charge in [-0.3, -0.25) is 9.13 Å². The lowest BCUT2D eigenvalue weighted by Gasteiger charge is -2.30.